The number of ether oxygens (including phenoxy) is 1. The number of methoxy groups -OCH3 is 1. The van der Waals surface area contributed by atoms with E-state index in [1.54, 1.807) is 30.3 Å². The molecule has 0 aliphatic rings. The zero-order chi connectivity index (χ0) is 24.8. The minimum Gasteiger partial charge on any atom is -0.496 e. The number of hydrogen-bond donors (Lipinski definition) is 0. The Morgan fingerprint density at radius 2 is 1.12 bits per heavy atom. The third-order valence-electron chi connectivity index (χ3n) is 5.24. The molecule has 0 aromatic heterocycles. The molecule has 0 unspecified atom stereocenters. The van der Waals surface area contributed by atoms with E-state index in [0.717, 1.165) is 16.7 Å². The van der Waals surface area contributed by atoms with E-state index >= 15 is 0 Å². The molecular weight excluding hydrogens is 476 g/mol. The fraction of sp³-hybridized carbons (Fsp3) is 0.280. The van der Waals surface area contributed by atoms with E-state index < -0.39 is 26.2 Å². The van der Waals surface area contributed by atoms with Crippen molar-refractivity contribution < 1.29 is 29.9 Å². The van der Waals surface area contributed by atoms with Crippen molar-refractivity contribution in [1.29, 1.82) is 0 Å². The van der Waals surface area contributed by atoms with E-state index in [-0.39, 0.29) is 29.4 Å². The first kappa shape index (κ1) is 25.9. The second-order valence-electron chi connectivity index (χ2n) is 7.99. The molecular formula is C25H28O7S2. The normalized spacial score (nSPS) is 12.1. The summed E-state index contributed by atoms with van der Waals surface area (Å²) in [4.78, 5) is 0.0599. The predicted octanol–water partition coefficient (Wildman–Crippen LogP) is 4.28. The standard InChI is InChI=1S/C25H28O7S2/c1-19-8-12-23(13-9-19)33(26,27)31-17-21(16-22-6-4-5-7-25(22)30-3)18-32-34(28,29)24-14-10-20(2)11-15-24/h4-15,21H,16-18H2,1-3H3. The van der Waals surface area contributed by atoms with Gasteiger partial charge in [-0.25, -0.2) is 0 Å². The van der Waals surface area contributed by atoms with Crippen LogP contribution in [-0.2, 0) is 35.0 Å². The first-order valence-electron chi connectivity index (χ1n) is 10.6. The summed E-state index contributed by atoms with van der Waals surface area (Å²) in [6.45, 7) is 3.17. The van der Waals surface area contributed by atoms with Gasteiger partial charge in [0.2, 0.25) is 0 Å². The lowest BCUT2D eigenvalue weighted by atomic mass is 10.0. The van der Waals surface area contributed by atoms with Gasteiger partial charge in [0.1, 0.15) is 5.75 Å². The summed E-state index contributed by atoms with van der Waals surface area (Å²) in [5, 5.41) is 0. The van der Waals surface area contributed by atoms with E-state index in [9.17, 15) is 16.8 Å². The third kappa shape index (κ3) is 6.89. The van der Waals surface area contributed by atoms with E-state index in [2.05, 4.69) is 0 Å². The molecule has 0 amide bonds. The first-order chi connectivity index (χ1) is 16.1. The SMILES string of the molecule is COc1ccccc1CC(COS(=O)(=O)c1ccc(C)cc1)COS(=O)(=O)c1ccc(C)cc1. The number of rotatable bonds is 11. The fourth-order valence-corrected chi connectivity index (χ4v) is 5.22. The quantitative estimate of drug-likeness (QED) is 0.360. The highest BCUT2D eigenvalue weighted by atomic mass is 32.2. The Labute approximate surface area is 201 Å². The zero-order valence-electron chi connectivity index (χ0n) is 19.3. The molecule has 0 atom stereocenters. The molecule has 3 aromatic rings. The van der Waals surface area contributed by atoms with Crippen molar-refractivity contribution in [1.82, 2.24) is 0 Å². The molecule has 0 heterocycles. The van der Waals surface area contributed by atoms with Crippen LogP contribution in [0.4, 0.5) is 0 Å². The van der Waals surface area contributed by atoms with E-state index in [0.29, 0.717) is 5.75 Å². The van der Waals surface area contributed by atoms with Crippen LogP contribution >= 0.6 is 0 Å². The van der Waals surface area contributed by atoms with Gasteiger partial charge in [-0.05, 0) is 56.2 Å². The van der Waals surface area contributed by atoms with Crippen molar-refractivity contribution in [3.8, 4) is 5.75 Å². The number of aryl methyl sites for hydroxylation is 2. The van der Waals surface area contributed by atoms with E-state index in [4.69, 9.17) is 13.1 Å². The Morgan fingerprint density at radius 1 is 0.676 bits per heavy atom. The van der Waals surface area contributed by atoms with Gasteiger partial charge in [0.15, 0.2) is 0 Å². The Morgan fingerprint density at radius 3 is 1.56 bits per heavy atom. The number of hydrogen-bond acceptors (Lipinski definition) is 7. The van der Waals surface area contributed by atoms with Crippen LogP contribution in [0.5, 0.6) is 5.75 Å². The average Bonchev–Trinajstić information content (AvgIpc) is 2.81. The minimum atomic E-state index is -4.03. The lowest BCUT2D eigenvalue weighted by Gasteiger charge is -2.19. The van der Waals surface area contributed by atoms with Gasteiger partial charge in [-0.1, -0.05) is 53.6 Å². The topological polar surface area (TPSA) is 96.0 Å². The van der Waals surface area contributed by atoms with Gasteiger partial charge in [-0.3, -0.25) is 8.37 Å². The van der Waals surface area contributed by atoms with Crippen LogP contribution < -0.4 is 4.74 Å². The van der Waals surface area contributed by atoms with E-state index in [1.165, 1.54) is 31.4 Å². The van der Waals surface area contributed by atoms with Gasteiger partial charge in [-0.2, -0.15) is 16.8 Å². The summed E-state index contributed by atoms with van der Waals surface area (Å²) in [7, 11) is -6.52. The van der Waals surface area contributed by atoms with Crippen LogP contribution in [-0.4, -0.2) is 37.2 Å². The molecule has 0 aliphatic carbocycles. The molecule has 0 saturated carbocycles. The summed E-state index contributed by atoms with van der Waals surface area (Å²) in [6.07, 6.45) is 0.289. The van der Waals surface area contributed by atoms with Crippen molar-refractivity contribution in [2.24, 2.45) is 5.92 Å². The van der Waals surface area contributed by atoms with Crippen molar-refractivity contribution in [3.05, 3.63) is 89.5 Å². The van der Waals surface area contributed by atoms with Gasteiger partial charge in [0.25, 0.3) is 20.2 Å². The summed E-state index contributed by atoms with van der Waals surface area (Å²) < 4.78 is 66.7. The predicted molar refractivity (Wildman–Crippen MR) is 129 cm³/mol. The van der Waals surface area contributed by atoms with Crippen molar-refractivity contribution in [2.45, 2.75) is 30.1 Å². The van der Waals surface area contributed by atoms with Crippen LogP contribution in [0.3, 0.4) is 0 Å². The molecule has 3 rings (SSSR count). The van der Waals surface area contributed by atoms with Crippen LogP contribution in [0.2, 0.25) is 0 Å². The lowest BCUT2D eigenvalue weighted by Crippen LogP contribution is -2.23. The van der Waals surface area contributed by atoms with E-state index in [1.807, 2.05) is 32.0 Å². The van der Waals surface area contributed by atoms with Gasteiger partial charge < -0.3 is 4.74 Å². The fourth-order valence-electron chi connectivity index (χ4n) is 3.27. The highest BCUT2D eigenvalue weighted by molar-refractivity contribution is 7.87. The highest BCUT2D eigenvalue weighted by Gasteiger charge is 2.23. The molecule has 34 heavy (non-hydrogen) atoms. The minimum absolute atomic E-state index is 0.0299. The molecule has 9 heteroatoms. The number of benzene rings is 3. The van der Waals surface area contributed by atoms with Crippen LogP contribution in [0.1, 0.15) is 16.7 Å². The van der Waals surface area contributed by atoms with Crippen molar-refractivity contribution in [2.75, 3.05) is 20.3 Å². The summed E-state index contributed by atoms with van der Waals surface area (Å²) in [5.74, 6) is 0.0204. The largest absolute Gasteiger partial charge is 0.496 e. The molecule has 0 spiro atoms. The van der Waals surface area contributed by atoms with Crippen LogP contribution in [0.15, 0.2) is 82.6 Å². The molecule has 0 N–H and O–H groups in total. The van der Waals surface area contributed by atoms with Gasteiger partial charge in [0.05, 0.1) is 30.1 Å². The highest BCUT2D eigenvalue weighted by Crippen LogP contribution is 2.24. The maximum Gasteiger partial charge on any atom is 0.296 e. The van der Waals surface area contributed by atoms with Crippen LogP contribution in [0.25, 0.3) is 0 Å². The van der Waals surface area contributed by atoms with Gasteiger partial charge in [0, 0.05) is 5.92 Å². The van der Waals surface area contributed by atoms with Crippen molar-refractivity contribution >= 4 is 20.2 Å². The molecule has 182 valence electrons. The summed E-state index contributed by atoms with van der Waals surface area (Å²) >= 11 is 0. The first-order valence-corrected chi connectivity index (χ1v) is 13.5. The molecule has 0 aliphatic heterocycles. The monoisotopic (exact) mass is 504 g/mol. The molecule has 0 fully saturated rings. The van der Waals surface area contributed by atoms with Crippen LogP contribution in [0, 0.1) is 19.8 Å². The zero-order valence-corrected chi connectivity index (χ0v) is 20.9. The third-order valence-corrected chi connectivity index (χ3v) is 7.83. The molecule has 0 radical (unpaired) electrons. The molecule has 0 saturated heterocycles. The Hall–Kier alpha value is -2.72. The molecule has 7 nitrogen and oxygen atoms in total. The smallest absolute Gasteiger partial charge is 0.296 e. The van der Waals surface area contributed by atoms with Gasteiger partial charge in [-0.15, -0.1) is 0 Å². The second kappa shape index (κ2) is 11.1. The summed E-state index contributed by atoms with van der Waals surface area (Å²) in [6, 6.07) is 19.8. The van der Waals surface area contributed by atoms with Crippen molar-refractivity contribution in [3.63, 3.8) is 0 Å². The number of para-hydroxylation sites is 1. The Balaban J connectivity index is 1.78. The Bertz CT molecular complexity index is 1220. The maximum absolute atomic E-state index is 12.7. The lowest BCUT2D eigenvalue weighted by molar-refractivity contribution is 0.183. The summed E-state index contributed by atoms with van der Waals surface area (Å²) in [5.41, 5.74) is 2.62. The molecule has 0 bridgehead atoms. The Kier molecular flexibility index (Phi) is 8.48. The van der Waals surface area contributed by atoms with Gasteiger partial charge >= 0.3 is 0 Å². The molecule has 3 aromatic carbocycles. The average molecular weight is 505 g/mol. The second-order valence-corrected chi connectivity index (χ2v) is 11.2. The maximum atomic E-state index is 12.7.